The summed E-state index contributed by atoms with van der Waals surface area (Å²) in [7, 11) is 0.205. The van der Waals surface area contributed by atoms with E-state index in [-0.39, 0.29) is 11.7 Å². The highest BCUT2D eigenvalue weighted by Gasteiger charge is 2.30. The number of benzene rings is 2. The lowest BCUT2D eigenvalue weighted by atomic mass is 9.88. The maximum absolute atomic E-state index is 12.7. The summed E-state index contributed by atoms with van der Waals surface area (Å²) in [6.45, 7) is 2.16. The van der Waals surface area contributed by atoms with Crippen molar-refractivity contribution in [1.29, 1.82) is 0 Å². The van der Waals surface area contributed by atoms with Crippen LogP contribution in [-0.2, 0) is 21.3 Å². The molecule has 2 aromatic carbocycles. The van der Waals surface area contributed by atoms with Crippen LogP contribution in [0.5, 0.6) is 0 Å². The van der Waals surface area contributed by atoms with Gasteiger partial charge in [0.2, 0.25) is 10.0 Å². The number of sulfonamides is 1. The van der Waals surface area contributed by atoms with Gasteiger partial charge in [-0.25, -0.2) is 12.7 Å². The second-order valence-corrected chi connectivity index (χ2v) is 11.2. The molecule has 188 valence electrons. The van der Waals surface area contributed by atoms with Gasteiger partial charge in [0, 0.05) is 44.9 Å². The average Bonchev–Trinajstić information content (AvgIpc) is 3.28. The predicted octanol–water partition coefficient (Wildman–Crippen LogP) is 3.20. The number of carbonyl (C=O) groups is 1. The molecule has 0 radical (unpaired) electrons. The second kappa shape index (κ2) is 10.9. The summed E-state index contributed by atoms with van der Waals surface area (Å²) in [6, 6.07) is 12.2. The van der Waals surface area contributed by atoms with Crippen molar-refractivity contribution >= 4 is 26.8 Å². The van der Waals surface area contributed by atoms with Gasteiger partial charge in [-0.2, -0.15) is 0 Å². The molecule has 0 bridgehead atoms. The number of rotatable bonds is 10. The van der Waals surface area contributed by atoms with E-state index < -0.39 is 15.9 Å². The van der Waals surface area contributed by atoms with E-state index in [1.165, 1.54) is 0 Å². The van der Waals surface area contributed by atoms with E-state index in [0.29, 0.717) is 31.7 Å². The first kappa shape index (κ1) is 25.4. The van der Waals surface area contributed by atoms with E-state index in [2.05, 4.69) is 28.5 Å². The van der Waals surface area contributed by atoms with Crippen molar-refractivity contribution in [3.63, 3.8) is 0 Å². The number of ether oxygens (including phenoxy) is 1. The van der Waals surface area contributed by atoms with Gasteiger partial charge >= 0.3 is 0 Å². The van der Waals surface area contributed by atoms with Crippen molar-refractivity contribution in [2.24, 2.45) is 5.73 Å². The first-order valence-corrected chi connectivity index (χ1v) is 13.6. The monoisotopic (exact) mass is 498 g/mol. The molecule has 35 heavy (non-hydrogen) atoms. The quantitative estimate of drug-likeness (QED) is 0.371. The Labute approximate surface area is 206 Å². The number of amides is 1. The molecule has 0 aliphatic carbocycles. The number of piperidine rings is 1. The van der Waals surface area contributed by atoms with E-state index >= 15 is 0 Å². The minimum Gasteiger partial charge on any atom is -0.385 e. The number of aromatic amines is 1. The van der Waals surface area contributed by atoms with Crippen LogP contribution in [0.3, 0.4) is 0 Å². The van der Waals surface area contributed by atoms with Gasteiger partial charge in [0.05, 0.1) is 16.8 Å². The third-order valence-corrected chi connectivity index (χ3v) is 8.72. The first-order chi connectivity index (χ1) is 16.8. The minimum atomic E-state index is -3.28. The summed E-state index contributed by atoms with van der Waals surface area (Å²) in [5, 5.41) is 4.14. The summed E-state index contributed by atoms with van der Waals surface area (Å²) in [5.74, 6) is -0.175. The van der Waals surface area contributed by atoms with Crippen molar-refractivity contribution in [2.75, 3.05) is 39.6 Å². The Morgan fingerprint density at radius 3 is 2.66 bits per heavy atom. The highest BCUT2D eigenvalue weighted by molar-refractivity contribution is 7.89. The van der Waals surface area contributed by atoms with Crippen LogP contribution in [0.25, 0.3) is 22.0 Å². The van der Waals surface area contributed by atoms with Crippen LogP contribution in [0.15, 0.2) is 42.6 Å². The normalized spacial score (nSPS) is 15.6. The highest BCUT2D eigenvalue weighted by atomic mass is 32.2. The lowest BCUT2D eigenvalue weighted by molar-refractivity contribution is 0.100. The fourth-order valence-electron chi connectivity index (χ4n) is 4.98. The number of nitrogens with one attached hydrogen (secondary N) is 2. The predicted molar refractivity (Wildman–Crippen MR) is 139 cm³/mol. The van der Waals surface area contributed by atoms with Gasteiger partial charge in [-0.1, -0.05) is 18.2 Å². The van der Waals surface area contributed by atoms with Gasteiger partial charge in [0.15, 0.2) is 0 Å². The molecule has 3 aromatic rings. The second-order valence-electron chi connectivity index (χ2n) is 9.12. The number of hydrogen-bond acceptors (Lipinski definition) is 5. The molecule has 4 N–H and O–H groups in total. The standard InChI is InChI=1S/C26H34N4O4S/c1-28-16-18-5-3-6-20(13-18)21-14-22-24(17-29-25(22)23(15-21)26(27)31)19-7-9-30(10-8-19)35(32,33)12-4-11-34-2/h3,5-6,13-15,17,19,28-29H,4,7-12,16H2,1-2H3,(H2,27,31). The fourth-order valence-corrected chi connectivity index (χ4v) is 6.48. The highest BCUT2D eigenvalue weighted by Crippen LogP contribution is 2.37. The van der Waals surface area contributed by atoms with E-state index in [1.807, 2.05) is 31.4 Å². The maximum atomic E-state index is 12.7. The molecular formula is C26H34N4O4S. The van der Waals surface area contributed by atoms with Gasteiger partial charge in [0.1, 0.15) is 0 Å². The number of carbonyl (C=O) groups excluding carboxylic acids is 1. The molecule has 0 unspecified atom stereocenters. The van der Waals surface area contributed by atoms with Crippen molar-refractivity contribution in [3.05, 3.63) is 59.3 Å². The van der Waals surface area contributed by atoms with Crippen molar-refractivity contribution in [2.45, 2.75) is 31.7 Å². The Morgan fingerprint density at radius 1 is 1.20 bits per heavy atom. The van der Waals surface area contributed by atoms with E-state index in [1.54, 1.807) is 11.4 Å². The summed E-state index contributed by atoms with van der Waals surface area (Å²) in [5.41, 5.74) is 11.2. The summed E-state index contributed by atoms with van der Waals surface area (Å²) >= 11 is 0. The Morgan fingerprint density at radius 2 is 1.97 bits per heavy atom. The van der Waals surface area contributed by atoms with Crippen molar-refractivity contribution in [3.8, 4) is 11.1 Å². The Balaban J connectivity index is 1.62. The largest absolute Gasteiger partial charge is 0.385 e. The molecule has 4 rings (SSSR count). The number of primary amides is 1. The zero-order valence-corrected chi connectivity index (χ0v) is 21.2. The van der Waals surface area contributed by atoms with Gasteiger partial charge in [-0.15, -0.1) is 0 Å². The summed E-state index contributed by atoms with van der Waals surface area (Å²) in [6.07, 6.45) is 3.90. The molecule has 1 aromatic heterocycles. The van der Waals surface area contributed by atoms with Crippen molar-refractivity contribution < 1.29 is 17.9 Å². The molecule has 0 atom stereocenters. The molecule has 1 fully saturated rings. The SMILES string of the molecule is CNCc1cccc(-c2cc(C(N)=O)c3[nH]cc(C4CCN(S(=O)(=O)CCCOC)CC4)c3c2)c1. The zero-order chi connectivity index (χ0) is 25.0. The van der Waals surface area contributed by atoms with Crippen LogP contribution in [-0.4, -0.2) is 63.2 Å². The van der Waals surface area contributed by atoms with Gasteiger partial charge in [-0.3, -0.25) is 4.79 Å². The van der Waals surface area contributed by atoms with Crippen LogP contribution in [0.1, 0.15) is 46.7 Å². The van der Waals surface area contributed by atoms with Gasteiger partial charge in [-0.05, 0) is 72.7 Å². The average molecular weight is 499 g/mol. The molecule has 2 heterocycles. The fraction of sp³-hybridized carbons (Fsp3) is 0.423. The first-order valence-electron chi connectivity index (χ1n) is 12.0. The maximum Gasteiger partial charge on any atom is 0.250 e. The number of fused-ring (bicyclic) bond motifs is 1. The molecule has 9 heteroatoms. The van der Waals surface area contributed by atoms with Crippen LogP contribution in [0, 0.1) is 0 Å². The van der Waals surface area contributed by atoms with Crippen LogP contribution in [0.4, 0.5) is 0 Å². The third-order valence-electron chi connectivity index (χ3n) is 6.77. The molecule has 0 spiro atoms. The topological polar surface area (TPSA) is 118 Å². The van der Waals surface area contributed by atoms with Gasteiger partial charge in [0.25, 0.3) is 5.91 Å². The number of aromatic nitrogens is 1. The Hall–Kier alpha value is -2.72. The van der Waals surface area contributed by atoms with E-state index in [9.17, 15) is 13.2 Å². The number of methoxy groups -OCH3 is 1. The molecule has 8 nitrogen and oxygen atoms in total. The van der Waals surface area contributed by atoms with Gasteiger partial charge < -0.3 is 20.8 Å². The van der Waals surface area contributed by atoms with E-state index in [4.69, 9.17) is 10.5 Å². The van der Waals surface area contributed by atoms with Crippen LogP contribution < -0.4 is 11.1 Å². The molecule has 1 aliphatic heterocycles. The molecular weight excluding hydrogens is 464 g/mol. The Kier molecular flexibility index (Phi) is 7.91. The summed E-state index contributed by atoms with van der Waals surface area (Å²) in [4.78, 5) is 15.6. The zero-order valence-electron chi connectivity index (χ0n) is 20.3. The summed E-state index contributed by atoms with van der Waals surface area (Å²) < 4.78 is 31.9. The Bertz CT molecular complexity index is 1290. The lowest BCUT2D eigenvalue weighted by Gasteiger charge is -2.31. The molecule has 1 saturated heterocycles. The van der Waals surface area contributed by atoms with Crippen LogP contribution >= 0.6 is 0 Å². The van der Waals surface area contributed by atoms with Crippen LogP contribution in [0.2, 0.25) is 0 Å². The molecule has 0 saturated carbocycles. The number of nitrogens with zero attached hydrogens (tertiary/aromatic N) is 1. The minimum absolute atomic E-state index is 0.108. The number of H-pyrrole nitrogens is 1. The van der Waals surface area contributed by atoms with Crippen molar-refractivity contribution in [1.82, 2.24) is 14.6 Å². The molecule has 1 amide bonds. The molecule has 1 aliphatic rings. The number of hydrogen-bond donors (Lipinski definition) is 3. The third kappa shape index (κ3) is 5.59. The smallest absolute Gasteiger partial charge is 0.250 e. The lowest BCUT2D eigenvalue weighted by Crippen LogP contribution is -2.39. The number of nitrogens with two attached hydrogens (primary N) is 1. The van der Waals surface area contributed by atoms with E-state index in [0.717, 1.165) is 52.5 Å².